The molecule has 10 aromatic rings. The van der Waals surface area contributed by atoms with E-state index >= 15 is 0 Å². The summed E-state index contributed by atoms with van der Waals surface area (Å²) in [6.07, 6.45) is 0. The molecular formula is C45H28N4O. The predicted octanol–water partition coefficient (Wildman–Crippen LogP) is 11.5. The van der Waals surface area contributed by atoms with Crippen molar-refractivity contribution in [2.24, 2.45) is 0 Å². The van der Waals surface area contributed by atoms with Crippen LogP contribution in [0.25, 0.3) is 94.7 Å². The first-order chi connectivity index (χ1) is 24.8. The van der Waals surface area contributed by atoms with Gasteiger partial charge in [-0.25, -0.2) is 15.0 Å². The molecule has 0 fully saturated rings. The Morgan fingerprint density at radius 3 is 1.52 bits per heavy atom. The molecule has 10 rings (SSSR count). The molecule has 234 valence electrons. The van der Waals surface area contributed by atoms with Gasteiger partial charge in [0.15, 0.2) is 17.5 Å². The summed E-state index contributed by atoms with van der Waals surface area (Å²) < 4.78 is 8.80. The van der Waals surface area contributed by atoms with Crippen molar-refractivity contribution in [2.45, 2.75) is 0 Å². The van der Waals surface area contributed by atoms with Crippen LogP contribution < -0.4 is 0 Å². The summed E-state index contributed by atoms with van der Waals surface area (Å²) in [5, 5.41) is 4.57. The van der Waals surface area contributed by atoms with E-state index in [9.17, 15) is 0 Å². The van der Waals surface area contributed by atoms with Crippen LogP contribution in [0.2, 0.25) is 0 Å². The summed E-state index contributed by atoms with van der Waals surface area (Å²) in [4.78, 5) is 14.6. The summed E-state index contributed by atoms with van der Waals surface area (Å²) in [6, 6.07) is 58.6. The maximum atomic E-state index is 6.46. The number of nitrogens with zero attached hydrogens (tertiary/aromatic N) is 4. The van der Waals surface area contributed by atoms with Crippen LogP contribution in [0.4, 0.5) is 0 Å². The van der Waals surface area contributed by atoms with E-state index in [0.717, 1.165) is 61.0 Å². The highest BCUT2D eigenvalue weighted by molar-refractivity contribution is 6.17. The summed E-state index contributed by atoms with van der Waals surface area (Å²) in [6.45, 7) is 0. The van der Waals surface area contributed by atoms with Crippen LogP contribution in [-0.2, 0) is 0 Å². The molecule has 0 unspecified atom stereocenters. The van der Waals surface area contributed by atoms with Gasteiger partial charge >= 0.3 is 0 Å². The van der Waals surface area contributed by atoms with E-state index in [2.05, 4.69) is 114 Å². The van der Waals surface area contributed by atoms with Gasteiger partial charge in [-0.1, -0.05) is 127 Å². The Bertz CT molecular complexity index is 2780. The third-order valence-corrected chi connectivity index (χ3v) is 9.45. The van der Waals surface area contributed by atoms with Gasteiger partial charge in [0, 0.05) is 43.9 Å². The van der Waals surface area contributed by atoms with Crippen molar-refractivity contribution in [3.63, 3.8) is 0 Å². The SMILES string of the molecule is c1ccc(-c2nc(-c3ccccc3)nc(-c3ccc(-c4ccc5oc6cc7c8ccccc8n(-c8ccccc8)c7cc6c5c4)cc3)n2)cc1. The van der Waals surface area contributed by atoms with Crippen LogP contribution in [0, 0.1) is 0 Å². The van der Waals surface area contributed by atoms with Gasteiger partial charge < -0.3 is 8.98 Å². The predicted molar refractivity (Wildman–Crippen MR) is 203 cm³/mol. The average Bonchev–Trinajstić information content (AvgIpc) is 3.72. The summed E-state index contributed by atoms with van der Waals surface area (Å²) in [7, 11) is 0. The third-order valence-electron chi connectivity index (χ3n) is 9.45. The van der Waals surface area contributed by atoms with Crippen molar-refractivity contribution >= 4 is 43.7 Å². The van der Waals surface area contributed by atoms with Gasteiger partial charge in [-0.2, -0.15) is 0 Å². The molecule has 3 aromatic heterocycles. The summed E-state index contributed by atoms with van der Waals surface area (Å²) in [5.41, 5.74) is 10.3. The molecule has 0 amide bonds. The number of aromatic nitrogens is 4. The van der Waals surface area contributed by atoms with E-state index in [4.69, 9.17) is 19.4 Å². The first-order valence-corrected chi connectivity index (χ1v) is 16.7. The minimum atomic E-state index is 0.637. The number of hydrogen-bond acceptors (Lipinski definition) is 4. The van der Waals surface area contributed by atoms with E-state index in [0.29, 0.717) is 17.5 Å². The zero-order valence-electron chi connectivity index (χ0n) is 26.9. The molecule has 0 radical (unpaired) electrons. The van der Waals surface area contributed by atoms with Crippen LogP contribution >= 0.6 is 0 Å². The van der Waals surface area contributed by atoms with Gasteiger partial charge in [0.2, 0.25) is 0 Å². The van der Waals surface area contributed by atoms with Gasteiger partial charge in [0.05, 0.1) is 11.0 Å². The molecule has 0 saturated heterocycles. The van der Waals surface area contributed by atoms with Gasteiger partial charge in [-0.15, -0.1) is 0 Å². The van der Waals surface area contributed by atoms with Gasteiger partial charge in [-0.3, -0.25) is 0 Å². The summed E-state index contributed by atoms with van der Waals surface area (Å²) >= 11 is 0. The number of hydrogen-bond donors (Lipinski definition) is 0. The molecule has 0 saturated carbocycles. The van der Waals surface area contributed by atoms with Crippen molar-refractivity contribution in [1.29, 1.82) is 0 Å². The van der Waals surface area contributed by atoms with Crippen molar-refractivity contribution in [2.75, 3.05) is 0 Å². The average molecular weight is 641 g/mol. The van der Waals surface area contributed by atoms with E-state index in [1.165, 1.54) is 16.3 Å². The van der Waals surface area contributed by atoms with Gasteiger partial charge in [-0.05, 0) is 53.6 Å². The zero-order valence-corrected chi connectivity index (χ0v) is 26.9. The largest absolute Gasteiger partial charge is 0.456 e. The zero-order chi connectivity index (χ0) is 33.0. The lowest BCUT2D eigenvalue weighted by atomic mass is 10.0. The van der Waals surface area contributed by atoms with Crippen LogP contribution in [0.15, 0.2) is 174 Å². The topological polar surface area (TPSA) is 56.7 Å². The Hall–Kier alpha value is -6.85. The second-order valence-electron chi connectivity index (χ2n) is 12.5. The van der Waals surface area contributed by atoms with E-state index in [1.54, 1.807) is 0 Å². The van der Waals surface area contributed by atoms with E-state index < -0.39 is 0 Å². The number of furan rings is 1. The highest BCUT2D eigenvalue weighted by atomic mass is 16.3. The maximum Gasteiger partial charge on any atom is 0.164 e. The van der Waals surface area contributed by atoms with Crippen LogP contribution in [-0.4, -0.2) is 19.5 Å². The quantitative estimate of drug-likeness (QED) is 0.188. The molecule has 0 atom stereocenters. The number of fused-ring (bicyclic) bond motifs is 6. The molecule has 0 N–H and O–H groups in total. The minimum Gasteiger partial charge on any atom is -0.456 e. The second kappa shape index (κ2) is 11.4. The van der Waals surface area contributed by atoms with E-state index in [1.807, 2.05) is 60.7 Å². The second-order valence-corrected chi connectivity index (χ2v) is 12.5. The molecule has 50 heavy (non-hydrogen) atoms. The van der Waals surface area contributed by atoms with Crippen molar-refractivity contribution in [1.82, 2.24) is 19.5 Å². The van der Waals surface area contributed by atoms with Crippen LogP contribution in [0.1, 0.15) is 0 Å². The van der Waals surface area contributed by atoms with E-state index in [-0.39, 0.29) is 0 Å². The smallest absolute Gasteiger partial charge is 0.164 e. The Balaban J connectivity index is 1.07. The molecule has 0 aliphatic carbocycles. The molecular weight excluding hydrogens is 613 g/mol. The Morgan fingerprint density at radius 2 is 0.860 bits per heavy atom. The standard InChI is InChI=1S/C45H28N4O/c1-4-12-30(13-5-1)43-46-44(31-14-6-2-7-15-31)48-45(47-43)32-22-20-29(21-23-32)33-24-25-41-37(26-33)38-27-40-36(28-42(38)50-41)35-18-10-11-19-39(35)49(40)34-16-8-3-9-17-34/h1-28H. The van der Waals surface area contributed by atoms with Gasteiger partial charge in [0.25, 0.3) is 0 Å². The monoisotopic (exact) mass is 640 g/mol. The third kappa shape index (κ3) is 4.67. The Morgan fingerprint density at radius 1 is 0.340 bits per heavy atom. The highest BCUT2D eigenvalue weighted by Crippen LogP contribution is 2.39. The van der Waals surface area contributed by atoms with Crippen molar-refractivity contribution < 1.29 is 4.42 Å². The lowest BCUT2D eigenvalue weighted by Gasteiger charge is -2.09. The fourth-order valence-corrected chi connectivity index (χ4v) is 7.02. The molecule has 5 heteroatoms. The molecule has 0 bridgehead atoms. The fraction of sp³-hybridized carbons (Fsp3) is 0. The molecule has 0 aliphatic heterocycles. The number of para-hydroxylation sites is 2. The number of rotatable bonds is 5. The minimum absolute atomic E-state index is 0.637. The first kappa shape index (κ1) is 28.2. The van der Waals surface area contributed by atoms with Gasteiger partial charge in [0.1, 0.15) is 11.2 Å². The molecule has 5 nitrogen and oxygen atoms in total. The maximum absolute atomic E-state index is 6.46. The molecule has 3 heterocycles. The van der Waals surface area contributed by atoms with Crippen molar-refractivity contribution in [3.8, 4) is 51.0 Å². The van der Waals surface area contributed by atoms with Crippen molar-refractivity contribution in [3.05, 3.63) is 170 Å². The Labute approximate surface area is 287 Å². The van der Waals surface area contributed by atoms with Crippen LogP contribution in [0.5, 0.6) is 0 Å². The summed E-state index contributed by atoms with van der Waals surface area (Å²) in [5.74, 6) is 1.94. The lowest BCUT2D eigenvalue weighted by molar-refractivity contribution is 0.669. The first-order valence-electron chi connectivity index (χ1n) is 16.7. The highest BCUT2D eigenvalue weighted by Gasteiger charge is 2.17. The molecule has 7 aromatic carbocycles. The number of benzene rings is 7. The molecule has 0 aliphatic rings. The normalized spacial score (nSPS) is 11.6. The Kier molecular flexibility index (Phi) is 6.42. The van der Waals surface area contributed by atoms with Crippen LogP contribution in [0.3, 0.4) is 0 Å². The fourth-order valence-electron chi connectivity index (χ4n) is 7.02. The molecule has 0 spiro atoms. The lowest BCUT2D eigenvalue weighted by Crippen LogP contribution is -2.00.